The van der Waals surface area contributed by atoms with Crippen molar-refractivity contribution in [2.45, 2.75) is 19.3 Å². The molecule has 1 heterocycles. The molecule has 0 N–H and O–H groups in total. The number of thiophene rings is 1. The van der Waals surface area contributed by atoms with Gasteiger partial charge in [-0.05, 0) is 35.3 Å². The van der Waals surface area contributed by atoms with Crippen LogP contribution in [0.1, 0.15) is 24.1 Å². The molecule has 76 valence electrons. The van der Waals surface area contributed by atoms with E-state index in [9.17, 15) is 4.79 Å². The normalized spacial score (nSPS) is 24.7. The van der Waals surface area contributed by atoms with Crippen LogP contribution in [0.25, 0.3) is 0 Å². The Morgan fingerprint density at radius 3 is 3.14 bits per heavy atom. The van der Waals surface area contributed by atoms with Crippen molar-refractivity contribution in [3.05, 3.63) is 20.8 Å². The summed E-state index contributed by atoms with van der Waals surface area (Å²) >= 11 is 5.11. The van der Waals surface area contributed by atoms with E-state index in [0.29, 0.717) is 12.5 Å². The van der Waals surface area contributed by atoms with Crippen LogP contribution in [0.15, 0.2) is 15.9 Å². The molecule has 1 aromatic rings. The quantitative estimate of drug-likeness (QED) is 0.792. The van der Waals surface area contributed by atoms with Crippen molar-refractivity contribution in [2.24, 2.45) is 5.92 Å². The summed E-state index contributed by atoms with van der Waals surface area (Å²) in [5.74, 6) is 0.480. The van der Waals surface area contributed by atoms with E-state index < -0.39 is 0 Å². The van der Waals surface area contributed by atoms with E-state index in [1.165, 1.54) is 4.88 Å². The van der Waals surface area contributed by atoms with Gasteiger partial charge in [0.25, 0.3) is 0 Å². The van der Waals surface area contributed by atoms with Crippen LogP contribution in [0.4, 0.5) is 0 Å². The van der Waals surface area contributed by atoms with Crippen LogP contribution in [0.3, 0.4) is 0 Å². The van der Waals surface area contributed by atoms with Crippen LogP contribution in [0.2, 0.25) is 0 Å². The summed E-state index contributed by atoms with van der Waals surface area (Å²) in [5.41, 5.74) is 0. The lowest BCUT2D eigenvalue weighted by Gasteiger charge is -1.98. The summed E-state index contributed by atoms with van der Waals surface area (Å²) in [4.78, 5) is 12.7. The molecule has 0 amide bonds. The van der Waals surface area contributed by atoms with Crippen molar-refractivity contribution in [1.82, 2.24) is 0 Å². The first kappa shape index (κ1) is 10.2. The fraction of sp³-hybridized carbons (Fsp3) is 0.500. The number of halogens is 1. The Balaban J connectivity index is 1.96. The zero-order valence-electron chi connectivity index (χ0n) is 7.83. The second kappa shape index (κ2) is 4.03. The molecule has 1 saturated carbocycles. The van der Waals surface area contributed by atoms with Crippen LogP contribution in [0, 0.1) is 5.92 Å². The number of hydrogen-bond acceptors (Lipinski definition) is 3. The molecular weight excluding hydrogens is 264 g/mol. The molecular formula is C10H11BrO2S. The van der Waals surface area contributed by atoms with Gasteiger partial charge in [0.1, 0.15) is 0 Å². The molecule has 2 nitrogen and oxygen atoms in total. The molecule has 0 aromatic carbocycles. The molecule has 14 heavy (non-hydrogen) atoms. The maximum absolute atomic E-state index is 11.4. The summed E-state index contributed by atoms with van der Waals surface area (Å²) in [5, 5.41) is 2.05. The van der Waals surface area contributed by atoms with Crippen molar-refractivity contribution in [1.29, 1.82) is 0 Å². The van der Waals surface area contributed by atoms with E-state index in [0.717, 1.165) is 10.9 Å². The van der Waals surface area contributed by atoms with Crippen molar-refractivity contribution < 1.29 is 9.53 Å². The van der Waals surface area contributed by atoms with Gasteiger partial charge >= 0.3 is 5.97 Å². The van der Waals surface area contributed by atoms with Crippen LogP contribution in [-0.4, -0.2) is 12.6 Å². The predicted octanol–water partition coefficient (Wildman–Crippen LogP) is 3.18. The minimum absolute atomic E-state index is 0.0398. The molecule has 0 bridgehead atoms. The highest BCUT2D eigenvalue weighted by Gasteiger charge is 2.45. The molecule has 2 atom stereocenters. The lowest BCUT2D eigenvalue weighted by atomic mass is 10.3. The van der Waals surface area contributed by atoms with E-state index >= 15 is 0 Å². The zero-order valence-corrected chi connectivity index (χ0v) is 10.2. The minimum atomic E-state index is -0.0398. The van der Waals surface area contributed by atoms with Gasteiger partial charge in [-0.3, -0.25) is 4.79 Å². The van der Waals surface area contributed by atoms with Gasteiger partial charge in [-0.2, -0.15) is 0 Å². The Hall–Kier alpha value is -0.350. The van der Waals surface area contributed by atoms with Crippen molar-refractivity contribution in [2.75, 3.05) is 6.61 Å². The van der Waals surface area contributed by atoms with Gasteiger partial charge in [0.15, 0.2) is 0 Å². The molecule has 1 aromatic heterocycles. The highest BCUT2D eigenvalue weighted by molar-refractivity contribution is 9.10. The van der Waals surface area contributed by atoms with Gasteiger partial charge in [-0.15, -0.1) is 11.3 Å². The summed E-state index contributed by atoms with van der Waals surface area (Å²) in [6, 6.07) is 2.09. The smallest absolute Gasteiger partial charge is 0.309 e. The molecule has 0 saturated heterocycles. The number of esters is 1. The fourth-order valence-electron chi connectivity index (χ4n) is 1.54. The monoisotopic (exact) mass is 274 g/mol. The Kier molecular flexibility index (Phi) is 2.93. The van der Waals surface area contributed by atoms with Crippen LogP contribution < -0.4 is 0 Å². The largest absolute Gasteiger partial charge is 0.466 e. The Morgan fingerprint density at radius 2 is 2.57 bits per heavy atom. The van der Waals surface area contributed by atoms with E-state index in [-0.39, 0.29) is 11.9 Å². The first-order chi connectivity index (χ1) is 6.72. The van der Waals surface area contributed by atoms with Crippen molar-refractivity contribution in [3.63, 3.8) is 0 Å². The molecule has 1 aliphatic rings. The van der Waals surface area contributed by atoms with Crippen LogP contribution in [-0.2, 0) is 9.53 Å². The summed E-state index contributed by atoms with van der Waals surface area (Å²) in [6.45, 7) is 2.33. The molecule has 2 rings (SSSR count). The standard InChI is InChI=1S/C10H11BrO2S/c1-2-13-10(12)8-4-7(8)9-3-6(11)5-14-9/h3,5,7-8H,2,4H2,1H3/t7-,8-/m1/s1. The number of rotatable bonds is 3. The Bertz CT molecular complexity index is 348. The van der Waals surface area contributed by atoms with Gasteiger partial charge in [-0.1, -0.05) is 0 Å². The maximum atomic E-state index is 11.4. The lowest BCUT2D eigenvalue weighted by molar-refractivity contribution is -0.144. The van der Waals surface area contributed by atoms with Crippen molar-refractivity contribution >= 4 is 33.2 Å². The van der Waals surface area contributed by atoms with E-state index in [1.54, 1.807) is 11.3 Å². The third-order valence-corrected chi connectivity index (χ3v) is 4.16. The molecule has 0 aliphatic heterocycles. The average Bonchev–Trinajstić information content (AvgIpc) is 2.84. The summed E-state index contributed by atoms with van der Waals surface area (Å²) in [6.07, 6.45) is 0.950. The number of carbonyl (C=O) groups excluding carboxylic acids is 1. The third kappa shape index (κ3) is 2.01. The topological polar surface area (TPSA) is 26.3 Å². The van der Waals surface area contributed by atoms with E-state index in [2.05, 4.69) is 27.4 Å². The predicted molar refractivity (Wildman–Crippen MR) is 59.5 cm³/mol. The number of ether oxygens (including phenoxy) is 1. The molecule has 0 spiro atoms. The average molecular weight is 275 g/mol. The number of carbonyl (C=O) groups is 1. The maximum Gasteiger partial charge on any atom is 0.309 e. The second-order valence-corrected chi connectivity index (χ2v) is 5.23. The lowest BCUT2D eigenvalue weighted by Crippen LogP contribution is -2.06. The van der Waals surface area contributed by atoms with Crippen molar-refractivity contribution in [3.8, 4) is 0 Å². The highest BCUT2D eigenvalue weighted by Crippen LogP contribution is 2.50. The third-order valence-electron chi connectivity index (χ3n) is 2.33. The highest BCUT2D eigenvalue weighted by atomic mass is 79.9. The van der Waals surface area contributed by atoms with Gasteiger partial charge in [-0.25, -0.2) is 0 Å². The van der Waals surface area contributed by atoms with Gasteiger partial charge < -0.3 is 4.74 Å². The molecule has 0 radical (unpaired) electrons. The Morgan fingerprint density at radius 1 is 1.79 bits per heavy atom. The van der Waals surface area contributed by atoms with Gasteiger partial charge in [0, 0.05) is 20.6 Å². The molecule has 1 aliphatic carbocycles. The number of hydrogen-bond donors (Lipinski definition) is 0. The van der Waals surface area contributed by atoms with E-state index in [4.69, 9.17) is 4.74 Å². The summed E-state index contributed by atoms with van der Waals surface area (Å²) < 4.78 is 6.08. The summed E-state index contributed by atoms with van der Waals surface area (Å²) in [7, 11) is 0. The van der Waals surface area contributed by atoms with Crippen LogP contribution in [0.5, 0.6) is 0 Å². The minimum Gasteiger partial charge on any atom is -0.466 e. The first-order valence-corrected chi connectivity index (χ1v) is 6.30. The molecule has 1 fully saturated rings. The Labute approximate surface area is 95.4 Å². The van der Waals surface area contributed by atoms with Gasteiger partial charge in [0.05, 0.1) is 12.5 Å². The molecule has 0 unspecified atom stereocenters. The van der Waals surface area contributed by atoms with E-state index in [1.807, 2.05) is 6.92 Å². The second-order valence-electron chi connectivity index (χ2n) is 3.37. The SMILES string of the molecule is CCOC(=O)[C@@H]1C[C@H]1c1cc(Br)cs1. The van der Waals surface area contributed by atoms with Gasteiger partial charge in [0.2, 0.25) is 0 Å². The fourth-order valence-corrected chi connectivity index (χ4v) is 3.17. The molecule has 4 heteroatoms. The first-order valence-electron chi connectivity index (χ1n) is 4.63. The van der Waals surface area contributed by atoms with Crippen LogP contribution >= 0.6 is 27.3 Å². The zero-order chi connectivity index (χ0) is 10.1.